The van der Waals surface area contributed by atoms with Crippen LogP contribution in [0.5, 0.6) is 0 Å². The summed E-state index contributed by atoms with van der Waals surface area (Å²) < 4.78 is 45.0. The second kappa shape index (κ2) is 11.0. The lowest BCUT2D eigenvalue weighted by molar-refractivity contribution is -0.137. The van der Waals surface area contributed by atoms with Crippen molar-refractivity contribution >= 4 is 17.7 Å². The molecule has 1 aromatic carbocycles. The molecule has 0 aliphatic carbocycles. The van der Waals surface area contributed by atoms with Crippen molar-refractivity contribution in [2.24, 2.45) is 4.99 Å². The van der Waals surface area contributed by atoms with Crippen molar-refractivity contribution in [2.75, 3.05) is 45.4 Å². The zero-order valence-electron chi connectivity index (χ0n) is 16.6. The molecule has 1 saturated heterocycles. The fourth-order valence-electron chi connectivity index (χ4n) is 3.41. The number of halogens is 3. The summed E-state index contributed by atoms with van der Waals surface area (Å²) in [5, 5.41) is 6.62. The molecular weight excluding hydrogens is 387 g/mol. The first kappa shape index (κ1) is 22.9. The zero-order chi connectivity index (χ0) is 20.5. The Hall–Kier alpha value is -1.41. The maximum atomic E-state index is 13.2. The Morgan fingerprint density at radius 3 is 2.61 bits per heavy atom. The van der Waals surface area contributed by atoms with Crippen LogP contribution >= 0.6 is 11.8 Å². The highest BCUT2D eigenvalue weighted by Crippen LogP contribution is 2.37. The van der Waals surface area contributed by atoms with Crippen molar-refractivity contribution in [2.45, 2.75) is 37.3 Å². The average Bonchev–Trinajstić information content (AvgIpc) is 2.70. The molecule has 0 amide bonds. The quantitative estimate of drug-likeness (QED) is 0.380. The summed E-state index contributed by atoms with van der Waals surface area (Å²) >= 11 is 1.83. The maximum absolute atomic E-state index is 13.2. The number of benzene rings is 1. The van der Waals surface area contributed by atoms with Crippen LogP contribution in [0.1, 0.15) is 36.8 Å². The second-order valence-corrected chi connectivity index (χ2v) is 8.01. The minimum absolute atomic E-state index is 0.407. The first-order chi connectivity index (χ1) is 13.4. The molecule has 1 aromatic rings. The molecule has 1 aliphatic heterocycles. The van der Waals surface area contributed by atoms with E-state index in [4.69, 9.17) is 4.74 Å². The third kappa shape index (κ3) is 6.58. The van der Waals surface area contributed by atoms with Gasteiger partial charge in [-0.2, -0.15) is 24.9 Å². The molecule has 4 nitrogen and oxygen atoms in total. The van der Waals surface area contributed by atoms with E-state index in [1.807, 2.05) is 11.8 Å². The molecule has 2 N–H and O–H groups in total. The number of alkyl halides is 3. The minimum Gasteiger partial charge on any atom is -0.381 e. The predicted octanol–water partition coefficient (Wildman–Crippen LogP) is 4.06. The van der Waals surface area contributed by atoms with Crippen LogP contribution in [0, 0.1) is 0 Å². The fourth-order valence-corrected chi connectivity index (χ4v) is 3.90. The highest BCUT2D eigenvalue weighted by Gasteiger charge is 2.37. The highest BCUT2D eigenvalue weighted by molar-refractivity contribution is 7.98. The van der Waals surface area contributed by atoms with Crippen LogP contribution in [0.4, 0.5) is 13.2 Å². The van der Waals surface area contributed by atoms with Crippen molar-refractivity contribution in [1.82, 2.24) is 10.6 Å². The van der Waals surface area contributed by atoms with Gasteiger partial charge < -0.3 is 15.4 Å². The van der Waals surface area contributed by atoms with Gasteiger partial charge in [0, 0.05) is 38.8 Å². The minimum atomic E-state index is -4.34. The van der Waals surface area contributed by atoms with Gasteiger partial charge in [-0.05, 0) is 49.3 Å². The Balaban J connectivity index is 2.07. The van der Waals surface area contributed by atoms with E-state index in [1.54, 1.807) is 13.1 Å². The first-order valence-corrected chi connectivity index (χ1v) is 11.0. The molecule has 1 fully saturated rings. The second-order valence-electron chi connectivity index (χ2n) is 7.02. The lowest BCUT2D eigenvalue weighted by Crippen LogP contribution is -2.48. The van der Waals surface area contributed by atoms with Gasteiger partial charge in [0.15, 0.2) is 5.96 Å². The topological polar surface area (TPSA) is 45.7 Å². The molecule has 8 heteroatoms. The average molecular weight is 418 g/mol. The van der Waals surface area contributed by atoms with Gasteiger partial charge in [0.05, 0.1) is 5.56 Å². The molecule has 0 atom stereocenters. The summed E-state index contributed by atoms with van der Waals surface area (Å²) in [6.45, 7) is 2.42. The van der Waals surface area contributed by atoms with Gasteiger partial charge in [-0.3, -0.25) is 4.99 Å². The molecule has 0 unspecified atom stereocenters. The number of unbranched alkanes of at least 4 members (excludes halogenated alkanes) is 1. The molecule has 158 valence electrons. The monoisotopic (exact) mass is 417 g/mol. The van der Waals surface area contributed by atoms with Crippen molar-refractivity contribution in [3.05, 3.63) is 35.4 Å². The summed E-state index contributed by atoms with van der Waals surface area (Å²) in [7, 11) is 1.71. The lowest BCUT2D eigenvalue weighted by atomic mass is 9.73. The summed E-state index contributed by atoms with van der Waals surface area (Å²) in [5.74, 6) is 1.81. The van der Waals surface area contributed by atoms with E-state index in [2.05, 4.69) is 21.9 Å². The van der Waals surface area contributed by atoms with Crippen LogP contribution in [-0.2, 0) is 16.3 Å². The molecule has 0 aromatic heterocycles. The van der Waals surface area contributed by atoms with Crippen molar-refractivity contribution < 1.29 is 17.9 Å². The molecule has 28 heavy (non-hydrogen) atoms. The number of guanidine groups is 1. The Labute approximate surface area is 169 Å². The Morgan fingerprint density at radius 1 is 1.21 bits per heavy atom. The number of hydrogen-bond acceptors (Lipinski definition) is 3. The van der Waals surface area contributed by atoms with Gasteiger partial charge >= 0.3 is 6.18 Å². The van der Waals surface area contributed by atoms with Crippen LogP contribution in [0.3, 0.4) is 0 Å². The van der Waals surface area contributed by atoms with Crippen molar-refractivity contribution in [3.63, 3.8) is 0 Å². The number of rotatable bonds is 8. The number of aliphatic imine (C=N–C) groups is 1. The molecule has 1 aliphatic rings. The van der Waals surface area contributed by atoms with Gasteiger partial charge in [0.1, 0.15) is 0 Å². The fraction of sp³-hybridized carbons (Fsp3) is 0.650. The summed E-state index contributed by atoms with van der Waals surface area (Å²) in [6.07, 6.45) is 1.28. The van der Waals surface area contributed by atoms with Crippen LogP contribution in [-0.4, -0.2) is 51.3 Å². The van der Waals surface area contributed by atoms with Gasteiger partial charge in [-0.15, -0.1) is 0 Å². The third-order valence-corrected chi connectivity index (χ3v) is 5.83. The summed E-state index contributed by atoms with van der Waals surface area (Å²) in [5.41, 5.74) is -0.309. The maximum Gasteiger partial charge on any atom is 0.416 e. The van der Waals surface area contributed by atoms with Crippen LogP contribution < -0.4 is 10.6 Å². The van der Waals surface area contributed by atoms with E-state index >= 15 is 0 Å². The number of hydrogen-bond donors (Lipinski definition) is 2. The van der Waals surface area contributed by atoms with E-state index < -0.39 is 17.2 Å². The van der Waals surface area contributed by atoms with Crippen molar-refractivity contribution in [3.8, 4) is 0 Å². The Bertz CT molecular complexity index is 631. The van der Waals surface area contributed by atoms with Gasteiger partial charge in [-0.25, -0.2) is 0 Å². The third-order valence-electron chi connectivity index (χ3n) is 5.14. The van der Waals surface area contributed by atoms with Gasteiger partial charge in [0.25, 0.3) is 0 Å². The Morgan fingerprint density at radius 2 is 1.96 bits per heavy atom. The smallest absolute Gasteiger partial charge is 0.381 e. The molecule has 2 rings (SSSR count). The van der Waals surface area contributed by atoms with Crippen LogP contribution in [0.25, 0.3) is 0 Å². The summed E-state index contributed by atoms with van der Waals surface area (Å²) in [6, 6.07) is 5.69. The van der Waals surface area contributed by atoms with Crippen LogP contribution in [0.2, 0.25) is 0 Å². The lowest BCUT2D eigenvalue weighted by Gasteiger charge is -2.38. The molecule has 0 bridgehead atoms. The molecule has 0 spiro atoms. The van der Waals surface area contributed by atoms with Crippen molar-refractivity contribution in [1.29, 1.82) is 0 Å². The highest BCUT2D eigenvalue weighted by atomic mass is 32.2. The molecular formula is C20H30F3N3OS. The summed E-state index contributed by atoms with van der Waals surface area (Å²) in [4.78, 5) is 4.25. The predicted molar refractivity (Wildman–Crippen MR) is 110 cm³/mol. The van der Waals surface area contributed by atoms with E-state index in [-0.39, 0.29) is 0 Å². The first-order valence-electron chi connectivity index (χ1n) is 9.60. The van der Waals surface area contributed by atoms with Gasteiger partial charge in [-0.1, -0.05) is 18.2 Å². The number of ether oxygens (including phenoxy) is 1. The SMILES string of the molecule is CN=C(NCCCCSC)NCC1(c2cccc(C(F)(F)F)c2)CCOCC1. The van der Waals surface area contributed by atoms with E-state index in [1.165, 1.54) is 12.1 Å². The number of nitrogens with one attached hydrogen (secondary N) is 2. The van der Waals surface area contributed by atoms with Crippen LogP contribution in [0.15, 0.2) is 29.3 Å². The normalized spacial score (nSPS) is 17.4. The van der Waals surface area contributed by atoms with E-state index in [0.717, 1.165) is 31.2 Å². The van der Waals surface area contributed by atoms with E-state index in [9.17, 15) is 13.2 Å². The number of nitrogens with zero attached hydrogens (tertiary/aromatic N) is 1. The Kier molecular flexibility index (Phi) is 8.95. The molecule has 0 radical (unpaired) electrons. The molecule has 1 heterocycles. The number of thioether (sulfide) groups is 1. The molecule has 0 saturated carbocycles. The van der Waals surface area contributed by atoms with Gasteiger partial charge in [0.2, 0.25) is 0 Å². The largest absolute Gasteiger partial charge is 0.416 e. The zero-order valence-corrected chi connectivity index (χ0v) is 17.4. The van der Waals surface area contributed by atoms with E-state index in [0.29, 0.717) is 44.1 Å². The standard InChI is InChI=1S/C20H30F3N3OS/c1-24-18(25-10-3-4-13-28-2)26-15-19(8-11-27-12-9-19)16-6-5-7-17(14-16)20(21,22)23/h5-7,14H,3-4,8-13,15H2,1-2H3,(H2,24,25,26).